The third kappa shape index (κ3) is 8.69. The van der Waals surface area contributed by atoms with E-state index in [1.807, 2.05) is 37.8 Å². The predicted molar refractivity (Wildman–Crippen MR) is 146 cm³/mol. The normalized spacial score (nSPS) is 14.6. The monoisotopic (exact) mass is 466 g/mol. The number of nitrogens with zero attached hydrogens (tertiary/aromatic N) is 2. The lowest BCUT2D eigenvalue weighted by atomic mass is 9.90. The van der Waals surface area contributed by atoms with E-state index in [0.29, 0.717) is 18.1 Å². The summed E-state index contributed by atoms with van der Waals surface area (Å²) in [6.45, 7) is 27.5. The van der Waals surface area contributed by atoms with Crippen molar-refractivity contribution in [1.82, 2.24) is 4.90 Å². The summed E-state index contributed by atoms with van der Waals surface area (Å²) in [5.74, 6) is 0.162. The number of hydrogen-bond acceptors (Lipinski definition) is 4. The molecular weight excluding hydrogens is 423 g/mol. The highest BCUT2D eigenvalue weighted by Crippen LogP contribution is 2.28. The Morgan fingerprint density at radius 3 is 1.94 bits per heavy atom. The van der Waals surface area contributed by atoms with Gasteiger partial charge in [-0.2, -0.15) is 0 Å². The first kappa shape index (κ1) is 29.0. The van der Waals surface area contributed by atoms with Gasteiger partial charge in [0.05, 0.1) is 17.2 Å². The number of benzene rings is 1. The minimum atomic E-state index is -0.286. The molecule has 5 heteroatoms. The van der Waals surface area contributed by atoms with Gasteiger partial charge in [-0.25, -0.2) is 4.39 Å². The molecule has 0 spiro atoms. The molecule has 0 amide bonds. The third-order valence-electron chi connectivity index (χ3n) is 5.59. The van der Waals surface area contributed by atoms with Gasteiger partial charge in [-0.3, -0.25) is 4.99 Å². The van der Waals surface area contributed by atoms with Crippen LogP contribution in [-0.2, 0) is 0 Å². The van der Waals surface area contributed by atoms with Gasteiger partial charge in [-0.05, 0) is 73.1 Å². The van der Waals surface area contributed by atoms with Crippen molar-refractivity contribution in [1.29, 1.82) is 0 Å². The van der Waals surface area contributed by atoms with Crippen molar-refractivity contribution in [2.24, 2.45) is 27.3 Å². The van der Waals surface area contributed by atoms with Crippen molar-refractivity contribution in [2.75, 3.05) is 6.54 Å². The van der Waals surface area contributed by atoms with Crippen LogP contribution < -0.4 is 11.5 Å². The maximum atomic E-state index is 13.6. The van der Waals surface area contributed by atoms with Gasteiger partial charge in [-0.1, -0.05) is 60.8 Å². The topological polar surface area (TPSA) is 67.6 Å². The summed E-state index contributed by atoms with van der Waals surface area (Å²) >= 11 is 0. The van der Waals surface area contributed by atoms with Crippen LogP contribution >= 0.6 is 0 Å². The summed E-state index contributed by atoms with van der Waals surface area (Å²) in [5, 5.41) is 0. The van der Waals surface area contributed by atoms with Gasteiger partial charge in [0.15, 0.2) is 0 Å². The molecule has 0 aromatic heterocycles. The van der Waals surface area contributed by atoms with E-state index >= 15 is 0 Å². The lowest BCUT2D eigenvalue weighted by Crippen LogP contribution is -2.34. The summed E-state index contributed by atoms with van der Waals surface area (Å²) < 4.78 is 13.6. The molecule has 0 radical (unpaired) electrons. The van der Waals surface area contributed by atoms with E-state index in [2.05, 4.69) is 54.7 Å². The first-order valence-electron chi connectivity index (χ1n) is 11.5. The van der Waals surface area contributed by atoms with E-state index in [0.717, 1.165) is 33.8 Å². The summed E-state index contributed by atoms with van der Waals surface area (Å²) in [5.41, 5.74) is 17.9. The lowest BCUT2D eigenvalue weighted by Gasteiger charge is -2.32. The quantitative estimate of drug-likeness (QED) is 0.316. The van der Waals surface area contributed by atoms with Crippen molar-refractivity contribution in [3.63, 3.8) is 0 Å². The molecule has 186 valence electrons. The molecule has 0 atom stereocenters. The van der Waals surface area contributed by atoms with Gasteiger partial charge in [0.1, 0.15) is 5.82 Å². The minimum Gasteiger partial charge on any atom is -0.397 e. The van der Waals surface area contributed by atoms with Crippen LogP contribution in [0, 0.1) is 16.6 Å². The Kier molecular flexibility index (Phi) is 9.68. The Balaban J connectivity index is 3.45. The zero-order valence-corrected chi connectivity index (χ0v) is 22.5. The molecule has 0 heterocycles. The van der Waals surface area contributed by atoms with Crippen molar-refractivity contribution in [3.05, 3.63) is 89.3 Å². The molecule has 1 rings (SSSR count). The number of hydrogen-bond donors (Lipinski definition) is 2. The van der Waals surface area contributed by atoms with E-state index in [4.69, 9.17) is 16.5 Å². The van der Waals surface area contributed by atoms with Gasteiger partial charge >= 0.3 is 0 Å². The highest BCUT2D eigenvalue weighted by atomic mass is 19.1. The van der Waals surface area contributed by atoms with E-state index in [9.17, 15) is 4.39 Å². The summed E-state index contributed by atoms with van der Waals surface area (Å²) in [6.07, 6.45) is 3.69. The van der Waals surface area contributed by atoms with E-state index < -0.39 is 0 Å². The molecule has 0 fully saturated rings. The van der Waals surface area contributed by atoms with Gasteiger partial charge in [0, 0.05) is 23.5 Å². The van der Waals surface area contributed by atoms with Gasteiger partial charge < -0.3 is 16.4 Å². The number of rotatable bonds is 8. The molecular formula is C29H43FN4. The van der Waals surface area contributed by atoms with E-state index in [-0.39, 0.29) is 16.6 Å². The second-order valence-electron chi connectivity index (χ2n) is 11.0. The molecule has 0 unspecified atom stereocenters. The molecule has 1 aromatic carbocycles. The van der Waals surface area contributed by atoms with Crippen molar-refractivity contribution >= 4 is 11.4 Å². The maximum absolute atomic E-state index is 13.6. The average Bonchev–Trinajstić information content (AvgIpc) is 2.71. The zero-order chi connectivity index (χ0) is 26.4. The zero-order valence-electron chi connectivity index (χ0n) is 22.5. The molecule has 0 bridgehead atoms. The number of allylic oxidation sites excluding steroid dienone is 5. The summed E-state index contributed by atoms with van der Waals surface area (Å²) in [7, 11) is 0. The highest BCUT2D eigenvalue weighted by Gasteiger charge is 2.19. The second-order valence-corrected chi connectivity index (χ2v) is 11.0. The van der Waals surface area contributed by atoms with Crippen molar-refractivity contribution in [3.8, 4) is 0 Å². The fourth-order valence-corrected chi connectivity index (χ4v) is 2.96. The lowest BCUT2D eigenvalue weighted by molar-refractivity contribution is 0.272. The molecule has 0 aliphatic rings. The van der Waals surface area contributed by atoms with Crippen LogP contribution in [0.5, 0.6) is 0 Å². The fourth-order valence-electron chi connectivity index (χ4n) is 2.96. The molecule has 4 nitrogen and oxygen atoms in total. The third-order valence-corrected chi connectivity index (χ3v) is 5.59. The second kappa shape index (κ2) is 11.4. The van der Waals surface area contributed by atoms with E-state index in [1.54, 1.807) is 12.1 Å². The standard InChI is InChI=1S/C29H43FN4/c1-19(12-17-26(32)21(3)34(23(5)31)18-28(6,7)8)20(2)27(33-22(4)29(9,10)11)24-13-15-25(30)16-14-24/h12-17H,1,5,18,31-32H2,2-4,6-11H3/b17-12-,26-21-,27-20+,33-22?. The first-order valence-corrected chi connectivity index (χ1v) is 11.5. The first-order chi connectivity index (χ1) is 15.4. The number of halogens is 1. The Hall–Kier alpha value is -3.08. The molecule has 0 aliphatic carbocycles. The molecule has 0 aliphatic heterocycles. The van der Waals surface area contributed by atoms with Crippen LogP contribution in [0.25, 0.3) is 5.70 Å². The average molecular weight is 467 g/mol. The number of nitrogens with two attached hydrogens (primary N) is 2. The van der Waals surface area contributed by atoms with Crippen LogP contribution in [-0.4, -0.2) is 17.2 Å². The smallest absolute Gasteiger partial charge is 0.123 e. The van der Waals surface area contributed by atoms with Crippen LogP contribution in [0.3, 0.4) is 0 Å². The highest BCUT2D eigenvalue weighted by molar-refractivity contribution is 5.92. The van der Waals surface area contributed by atoms with Crippen LogP contribution in [0.4, 0.5) is 4.39 Å². The predicted octanol–water partition coefficient (Wildman–Crippen LogP) is 7.14. The Labute approximate surface area is 206 Å². The SMILES string of the molecule is C=C(/C=C\C(N)=C(/C)N(CC(C)(C)C)C(=C)N)/C(C)=C(/N=C(C)C(C)(C)C)c1ccc(F)cc1. The van der Waals surface area contributed by atoms with Crippen LogP contribution in [0.15, 0.2) is 82.9 Å². The van der Waals surface area contributed by atoms with Gasteiger partial charge in [0.25, 0.3) is 0 Å². The molecule has 0 saturated carbocycles. The fraction of sp³-hybridized carbons (Fsp3) is 0.414. The number of aliphatic imine (C=N–C) groups is 1. The van der Waals surface area contributed by atoms with E-state index in [1.165, 1.54) is 12.1 Å². The Morgan fingerprint density at radius 1 is 0.971 bits per heavy atom. The van der Waals surface area contributed by atoms with Crippen LogP contribution in [0.1, 0.15) is 67.9 Å². The van der Waals surface area contributed by atoms with Gasteiger partial charge in [0.2, 0.25) is 0 Å². The van der Waals surface area contributed by atoms with Gasteiger partial charge in [-0.15, -0.1) is 0 Å². The molecule has 1 aromatic rings. The molecule has 0 saturated heterocycles. The van der Waals surface area contributed by atoms with Crippen LogP contribution in [0.2, 0.25) is 0 Å². The largest absolute Gasteiger partial charge is 0.397 e. The molecule has 34 heavy (non-hydrogen) atoms. The Morgan fingerprint density at radius 2 is 1.50 bits per heavy atom. The Bertz CT molecular complexity index is 1020. The van der Waals surface area contributed by atoms with Crippen molar-refractivity contribution in [2.45, 2.75) is 62.3 Å². The maximum Gasteiger partial charge on any atom is 0.123 e. The molecule has 4 N–H and O–H groups in total. The summed E-state index contributed by atoms with van der Waals surface area (Å²) in [4.78, 5) is 6.84. The summed E-state index contributed by atoms with van der Waals surface area (Å²) in [6, 6.07) is 6.36. The minimum absolute atomic E-state index is 0.0173. The van der Waals surface area contributed by atoms with Crippen molar-refractivity contribution < 1.29 is 4.39 Å².